The molecule has 0 unspecified atom stereocenters. The summed E-state index contributed by atoms with van der Waals surface area (Å²) in [6, 6.07) is 0. The first-order valence-corrected chi connectivity index (χ1v) is 8.82. The number of aromatic nitrogens is 4. The van der Waals surface area contributed by atoms with Gasteiger partial charge in [0.15, 0.2) is 0 Å². The Hall–Kier alpha value is -2.55. The molecule has 9 heteroatoms. The van der Waals surface area contributed by atoms with Crippen molar-refractivity contribution in [3.8, 4) is 0 Å². The molecule has 0 fully saturated rings. The second-order valence-electron chi connectivity index (χ2n) is 5.62. The van der Waals surface area contributed by atoms with Crippen LogP contribution in [0.4, 0.5) is 5.13 Å². The van der Waals surface area contributed by atoms with Crippen LogP contribution in [-0.4, -0.2) is 25.2 Å². The lowest BCUT2D eigenvalue weighted by Gasteiger charge is -2.03. The number of rotatable bonds is 7. The predicted octanol–water partition coefficient (Wildman–Crippen LogP) is 1.32. The van der Waals surface area contributed by atoms with E-state index in [4.69, 9.17) is 0 Å². The minimum Gasteiger partial charge on any atom is -0.303 e. The molecule has 0 aliphatic rings. The van der Waals surface area contributed by atoms with E-state index in [-0.39, 0.29) is 5.56 Å². The minimum atomic E-state index is -0.457. The Balaban J connectivity index is 2.02. The number of carbonyl (C=O) groups is 1. The average molecular weight is 363 g/mol. The van der Waals surface area contributed by atoms with Crippen molar-refractivity contribution in [3.05, 3.63) is 43.7 Å². The molecule has 0 atom stereocenters. The van der Waals surface area contributed by atoms with Gasteiger partial charge in [0, 0.05) is 32.8 Å². The first-order valence-electron chi connectivity index (χ1n) is 8.00. The third-order valence-corrected chi connectivity index (χ3v) is 4.48. The van der Waals surface area contributed by atoms with Crippen molar-refractivity contribution in [3.63, 3.8) is 0 Å². The summed E-state index contributed by atoms with van der Waals surface area (Å²) in [6.45, 7) is 2.13. The number of hydrogen-bond donors (Lipinski definition) is 1. The Kier molecular flexibility index (Phi) is 6.40. The molecule has 1 amide bonds. The number of aryl methyl sites for hydroxylation is 2. The van der Waals surface area contributed by atoms with Crippen LogP contribution in [-0.2, 0) is 25.3 Å². The van der Waals surface area contributed by atoms with Crippen molar-refractivity contribution in [2.45, 2.75) is 32.6 Å². The lowest BCUT2D eigenvalue weighted by molar-refractivity contribution is -0.111. The summed E-state index contributed by atoms with van der Waals surface area (Å²) in [4.78, 5) is 35.6. The van der Waals surface area contributed by atoms with Gasteiger partial charge in [0.25, 0.3) is 5.56 Å². The summed E-state index contributed by atoms with van der Waals surface area (Å²) in [6.07, 6.45) is 8.18. The second-order valence-corrected chi connectivity index (χ2v) is 6.68. The highest BCUT2D eigenvalue weighted by Crippen LogP contribution is 2.17. The molecule has 8 nitrogen and oxygen atoms in total. The van der Waals surface area contributed by atoms with E-state index in [0.717, 1.165) is 35.3 Å². The van der Waals surface area contributed by atoms with Crippen LogP contribution in [0.5, 0.6) is 0 Å². The summed E-state index contributed by atoms with van der Waals surface area (Å²) in [7, 11) is 2.93. The zero-order valence-electron chi connectivity index (χ0n) is 14.5. The standard InChI is InChI=1S/C16H21N5O3S/c1-4-5-6-7-13-18-19-15(25-13)17-12(22)9-8-11-10-20(2)16(24)21(3)14(11)23/h8-10H,4-7H2,1-3H3,(H,17,19,22)/b9-8+. The summed E-state index contributed by atoms with van der Waals surface area (Å²) in [5.74, 6) is -0.410. The van der Waals surface area contributed by atoms with E-state index < -0.39 is 17.2 Å². The van der Waals surface area contributed by atoms with Crippen molar-refractivity contribution in [1.82, 2.24) is 19.3 Å². The Morgan fingerprint density at radius 3 is 2.76 bits per heavy atom. The van der Waals surface area contributed by atoms with Gasteiger partial charge in [-0.1, -0.05) is 31.1 Å². The van der Waals surface area contributed by atoms with Gasteiger partial charge in [0.2, 0.25) is 11.0 Å². The van der Waals surface area contributed by atoms with Crippen molar-refractivity contribution >= 4 is 28.5 Å². The van der Waals surface area contributed by atoms with Gasteiger partial charge in [-0.15, -0.1) is 10.2 Å². The van der Waals surface area contributed by atoms with Crippen LogP contribution in [0, 0.1) is 0 Å². The quantitative estimate of drug-likeness (QED) is 0.591. The molecule has 2 rings (SSSR count). The van der Waals surface area contributed by atoms with Crippen LogP contribution in [0.2, 0.25) is 0 Å². The van der Waals surface area contributed by atoms with Crippen molar-refractivity contribution in [2.75, 3.05) is 5.32 Å². The average Bonchev–Trinajstić information content (AvgIpc) is 3.02. The molecule has 0 radical (unpaired) electrons. The third kappa shape index (κ3) is 4.96. The number of carbonyl (C=O) groups excluding carboxylic acids is 1. The molecule has 0 aliphatic heterocycles. The lowest BCUT2D eigenvalue weighted by Crippen LogP contribution is -2.37. The fourth-order valence-electron chi connectivity index (χ4n) is 2.19. The smallest absolute Gasteiger partial charge is 0.303 e. The summed E-state index contributed by atoms with van der Waals surface area (Å²) in [5.41, 5.74) is -0.630. The first-order chi connectivity index (χ1) is 11.9. The fraction of sp³-hybridized carbons (Fsp3) is 0.438. The number of nitrogens with zero attached hydrogens (tertiary/aromatic N) is 4. The maximum absolute atomic E-state index is 12.0. The van der Waals surface area contributed by atoms with Crippen molar-refractivity contribution in [1.29, 1.82) is 0 Å². The highest BCUT2D eigenvalue weighted by atomic mass is 32.1. The van der Waals surface area contributed by atoms with E-state index in [0.29, 0.717) is 5.13 Å². The van der Waals surface area contributed by atoms with Crippen LogP contribution in [0.15, 0.2) is 21.9 Å². The molecule has 0 saturated carbocycles. The molecule has 2 aromatic rings. The molecule has 2 aromatic heterocycles. The zero-order valence-corrected chi connectivity index (χ0v) is 15.3. The predicted molar refractivity (Wildman–Crippen MR) is 97.7 cm³/mol. The molecule has 0 aromatic carbocycles. The van der Waals surface area contributed by atoms with E-state index in [1.807, 2.05) is 0 Å². The van der Waals surface area contributed by atoms with Gasteiger partial charge in [0.1, 0.15) is 5.01 Å². The van der Waals surface area contributed by atoms with Gasteiger partial charge in [-0.3, -0.25) is 19.5 Å². The zero-order chi connectivity index (χ0) is 18.4. The highest BCUT2D eigenvalue weighted by Gasteiger charge is 2.07. The van der Waals surface area contributed by atoms with E-state index in [2.05, 4.69) is 22.4 Å². The number of anilines is 1. The lowest BCUT2D eigenvalue weighted by atomic mass is 10.2. The molecule has 0 saturated heterocycles. The van der Waals surface area contributed by atoms with Crippen LogP contribution < -0.4 is 16.6 Å². The van der Waals surface area contributed by atoms with Crippen molar-refractivity contribution in [2.24, 2.45) is 14.1 Å². The normalized spacial score (nSPS) is 11.2. The van der Waals surface area contributed by atoms with Gasteiger partial charge < -0.3 is 4.57 Å². The Bertz CT molecular complexity index is 894. The molecule has 0 bridgehead atoms. The molecule has 25 heavy (non-hydrogen) atoms. The number of hydrogen-bond acceptors (Lipinski definition) is 6. The van der Waals surface area contributed by atoms with Crippen molar-refractivity contribution < 1.29 is 4.79 Å². The summed E-state index contributed by atoms with van der Waals surface area (Å²) in [5, 5.41) is 11.9. The number of amides is 1. The Labute approximate surface area is 148 Å². The van der Waals surface area contributed by atoms with Crippen LogP contribution in [0.25, 0.3) is 6.08 Å². The fourth-order valence-corrected chi connectivity index (χ4v) is 2.98. The molecule has 1 N–H and O–H groups in total. The maximum Gasteiger partial charge on any atom is 0.330 e. The van der Waals surface area contributed by atoms with Gasteiger partial charge >= 0.3 is 5.69 Å². The van der Waals surface area contributed by atoms with Crippen LogP contribution in [0.3, 0.4) is 0 Å². The third-order valence-electron chi connectivity index (χ3n) is 3.58. The summed E-state index contributed by atoms with van der Waals surface area (Å²) >= 11 is 1.34. The van der Waals surface area contributed by atoms with Gasteiger partial charge in [-0.25, -0.2) is 4.79 Å². The largest absolute Gasteiger partial charge is 0.330 e. The van der Waals surface area contributed by atoms with Gasteiger partial charge in [0.05, 0.1) is 5.56 Å². The number of unbranched alkanes of at least 4 members (excludes halogenated alkanes) is 2. The van der Waals surface area contributed by atoms with Gasteiger partial charge in [-0.2, -0.15) is 0 Å². The molecule has 134 valence electrons. The second kappa shape index (κ2) is 8.52. The van der Waals surface area contributed by atoms with Gasteiger partial charge in [-0.05, 0) is 12.5 Å². The Morgan fingerprint density at radius 1 is 1.28 bits per heavy atom. The summed E-state index contributed by atoms with van der Waals surface area (Å²) < 4.78 is 2.28. The van der Waals surface area contributed by atoms with Crippen LogP contribution >= 0.6 is 11.3 Å². The SMILES string of the molecule is CCCCCc1nnc(NC(=O)/C=C/c2cn(C)c(=O)n(C)c2=O)s1. The minimum absolute atomic E-state index is 0.247. The number of nitrogens with one attached hydrogen (secondary N) is 1. The maximum atomic E-state index is 12.0. The molecule has 0 spiro atoms. The van der Waals surface area contributed by atoms with E-state index in [1.54, 1.807) is 7.05 Å². The van der Waals surface area contributed by atoms with Crippen LogP contribution in [0.1, 0.15) is 36.8 Å². The Morgan fingerprint density at radius 2 is 2.04 bits per heavy atom. The topological polar surface area (TPSA) is 98.9 Å². The molecular weight excluding hydrogens is 342 g/mol. The monoisotopic (exact) mass is 363 g/mol. The molecular formula is C16H21N5O3S. The first kappa shape index (κ1) is 18.8. The molecule has 2 heterocycles. The highest BCUT2D eigenvalue weighted by molar-refractivity contribution is 7.15. The van der Waals surface area contributed by atoms with E-state index in [9.17, 15) is 14.4 Å². The van der Waals surface area contributed by atoms with E-state index in [1.165, 1.54) is 41.3 Å². The molecule has 0 aliphatic carbocycles. The van der Waals surface area contributed by atoms with E-state index >= 15 is 0 Å².